The zero-order chi connectivity index (χ0) is 14.7. The van der Waals surface area contributed by atoms with E-state index >= 15 is 0 Å². The monoisotopic (exact) mass is 287 g/mol. The van der Waals surface area contributed by atoms with Gasteiger partial charge in [0.05, 0.1) is 0 Å². The lowest BCUT2D eigenvalue weighted by atomic mass is 9.90. The molecule has 2 heterocycles. The van der Waals surface area contributed by atoms with Crippen molar-refractivity contribution in [2.75, 3.05) is 13.1 Å². The molecule has 0 bridgehead atoms. The summed E-state index contributed by atoms with van der Waals surface area (Å²) in [6, 6.07) is 6.78. The summed E-state index contributed by atoms with van der Waals surface area (Å²) in [5.74, 6) is 0.688. The SMILES string of the molecule is O=C(c1ncc[nH]1)N1CCC(Cc2cccc(F)c2)CC1. The summed E-state index contributed by atoms with van der Waals surface area (Å²) in [7, 11) is 0. The zero-order valence-electron chi connectivity index (χ0n) is 11.8. The van der Waals surface area contributed by atoms with Gasteiger partial charge in [0.15, 0.2) is 5.82 Å². The van der Waals surface area contributed by atoms with Gasteiger partial charge in [-0.25, -0.2) is 9.37 Å². The minimum atomic E-state index is -0.182. The van der Waals surface area contributed by atoms with E-state index in [-0.39, 0.29) is 11.7 Å². The Kier molecular flexibility index (Phi) is 3.99. The van der Waals surface area contributed by atoms with Crippen molar-refractivity contribution in [2.24, 2.45) is 5.92 Å². The summed E-state index contributed by atoms with van der Waals surface area (Å²) in [5.41, 5.74) is 1.03. The highest BCUT2D eigenvalue weighted by Crippen LogP contribution is 2.22. The fraction of sp³-hybridized carbons (Fsp3) is 0.375. The number of imidazole rings is 1. The van der Waals surface area contributed by atoms with E-state index in [1.165, 1.54) is 6.07 Å². The van der Waals surface area contributed by atoms with Crippen LogP contribution in [0.15, 0.2) is 36.7 Å². The van der Waals surface area contributed by atoms with Gasteiger partial charge in [-0.05, 0) is 42.9 Å². The molecule has 0 saturated carbocycles. The number of H-pyrrole nitrogens is 1. The van der Waals surface area contributed by atoms with Gasteiger partial charge < -0.3 is 9.88 Å². The first kappa shape index (κ1) is 13.8. The molecule has 1 aromatic heterocycles. The molecule has 0 unspecified atom stereocenters. The van der Waals surface area contributed by atoms with E-state index in [0.29, 0.717) is 11.7 Å². The Balaban J connectivity index is 1.54. The molecule has 21 heavy (non-hydrogen) atoms. The van der Waals surface area contributed by atoms with Crippen LogP contribution < -0.4 is 0 Å². The van der Waals surface area contributed by atoms with Crippen molar-refractivity contribution in [3.63, 3.8) is 0 Å². The highest BCUT2D eigenvalue weighted by atomic mass is 19.1. The topological polar surface area (TPSA) is 49.0 Å². The lowest BCUT2D eigenvalue weighted by Gasteiger charge is -2.31. The number of amides is 1. The van der Waals surface area contributed by atoms with Gasteiger partial charge in [-0.3, -0.25) is 4.79 Å². The zero-order valence-corrected chi connectivity index (χ0v) is 11.8. The normalized spacial score (nSPS) is 16.1. The average Bonchev–Trinajstić information content (AvgIpc) is 3.01. The van der Waals surface area contributed by atoms with Gasteiger partial charge in [-0.2, -0.15) is 0 Å². The van der Waals surface area contributed by atoms with E-state index in [4.69, 9.17) is 0 Å². The molecule has 1 fully saturated rings. The van der Waals surface area contributed by atoms with Gasteiger partial charge >= 0.3 is 0 Å². The number of likely N-dealkylation sites (tertiary alicyclic amines) is 1. The molecule has 1 aliphatic heterocycles. The first-order valence-electron chi connectivity index (χ1n) is 7.25. The lowest BCUT2D eigenvalue weighted by Crippen LogP contribution is -2.39. The van der Waals surface area contributed by atoms with Crippen LogP contribution in [0.2, 0.25) is 0 Å². The summed E-state index contributed by atoms with van der Waals surface area (Å²) in [5, 5.41) is 0. The predicted molar refractivity (Wildman–Crippen MR) is 77.3 cm³/mol. The van der Waals surface area contributed by atoms with E-state index in [1.807, 2.05) is 11.0 Å². The van der Waals surface area contributed by atoms with Crippen molar-refractivity contribution in [1.82, 2.24) is 14.9 Å². The summed E-state index contributed by atoms with van der Waals surface area (Å²) in [6.45, 7) is 1.47. The molecule has 0 spiro atoms. The minimum Gasteiger partial charge on any atom is -0.341 e. The van der Waals surface area contributed by atoms with Crippen LogP contribution in [0.5, 0.6) is 0 Å². The molecule has 2 aromatic rings. The number of carbonyl (C=O) groups is 1. The Morgan fingerprint density at radius 1 is 1.38 bits per heavy atom. The number of carbonyl (C=O) groups excluding carboxylic acids is 1. The molecule has 1 saturated heterocycles. The van der Waals surface area contributed by atoms with Crippen LogP contribution in [0.1, 0.15) is 29.0 Å². The van der Waals surface area contributed by atoms with Crippen molar-refractivity contribution in [2.45, 2.75) is 19.3 Å². The first-order chi connectivity index (χ1) is 10.2. The van der Waals surface area contributed by atoms with Crippen LogP contribution in [-0.2, 0) is 6.42 Å². The van der Waals surface area contributed by atoms with E-state index in [2.05, 4.69) is 9.97 Å². The number of hydrogen-bond acceptors (Lipinski definition) is 2. The molecule has 0 radical (unpaired) electrons. The molecule has 110 valence electrons. The number of aromatic amines is 1. The van der Waals surface area contributed by atoms with Gasteiger partial charge in [0, 0.05) is 25.5 Å². The maximum Gasteiger partial charge on any atom is 0.289 e. The Bertz CT molecular complexity index is 604. The second-order valence-corrected chi connectivity index (χ2v) is 5.51. The number of benzene rings is 1. The standard InChI is InChI=1S/C16H18FN3O/c17-14-3-1-2-13(11-14)10-12-4-8-20(9-5-12)16(21)15-18-6-7-19-15/h1-3,6-7,11-12H,4-5,8-10H2,(H,18,19). The number of halogens is 1. The van der Waals surface area contributed by atoms with Gasteiger partial charge in [-0.1, -0.05) is 12.1 Å². The average molecular weight is 287 g/mol. The fourth-order valence-corrected chi connectivity index (χ4v) is 2.87. The van der Waals surface area contributed by atoms with Crippen LogP contribution in [0.25, 0.3) is 0 Å². The van der Waals surface area contributed by atoms with E-state index in [0.717, 1.165) is 37.9 Å². The fourth-order valence-electron chi connectivity index (χ4n) is 2.87. The Morgan fingerprint density at radius 2 is 2.19 bits per heavy atom. The second kappa shape index (κ2) is 6.08. The van der Waals surface area contributed by atoms with E-state index in [9.17, 15) is 9.18 Å². The molecule has 1 N–H and O–H groups in total. The molecule has 4 nitrogen and oxygen atoms in total. The maximum atomic E-state index is 13.2. The smallest absolute Gasteiger partial charge is 0.289 e. The molecule has 0 atom stereocenters. The third-order valence-corrected chi connectivity index (χ3v) is 4.02. The molecule has 1 amide bonds. The minimum absolute atomic E-state index is 0.0378. The number of nitrogens with one attached hydrogen (secondary N) is 1. The van der Waals surface area contributed by atoms with Crippen LogP contribution in [0.3, 0.4) is 0 Å². The van der Waals surface area contributed by atoms with Crippen LogP contribution in [0.4, 0.5) is 4.39 Å². The molecular weight excluding hydrogens is 269 g/mol. The van der Waals surface area contributed by atoms with Crippen LogP contribution in [0, 0.1) is 11.7 Å². The number of nitrogens with zero attached hydrogens (tertiary/aromatic N) is 2. The molecule has 0 aliphatic carbocycles. The van der Waals surface area contributed by atoms with Crippen molar-refractivity contribution in [3.05, 3.63) is 53.9 Å². The quantitative estimate of drug-likeness (QED) is 0.943. The molecule has 3 rings (SSSR count). The van der Waals surface area contributed by atoms with Crippen molar-refractivity contribution < 1.29 is 9.18 Å². The van der Waals surface area contributed by atoms with Crippen LogP contribution >= 0.6 is 0 Å². The Labute approximate surface area is 123 Å². The molecule has 5 heteroatoms. The largest absolute Gasteiger partial charge is 0.341 e. The maximum absolute atomic E-state index is 13.2. The van der Waals surface area contributed by atoms with Gasteiger partial charge in [0.2, 0.25) is 0 Å². The predicted octanol–water partition coefficient (Wildman–Crippen LogP) is 2.64. The van der Waals surface area contributed by atoms with Gasteiger partial charge in [0.25, 0.3) is 5.91 Å². The summed E-state index contributed by atoms with van der Waals surface area (Å²) in [4.78, 5) is 20.8. The number of aromatic nitrogens is 2. The molecule has 1 aliphatic rings. The number of piperidine rings is 1. The highest BCUT2D eigenvalue weighted by molar-refractivity contribution is 5.90. The number of rotatable bonds is 3. The van der Waals surface area contributed by atoms with E-state index < -0.39 is 0 Å². The number of hydrogen-bond donors (Lipinski definition) is 1. The summed E-state index contributed by atoms with van der Waals surface area (Å²) >= 11 is 0. The first-order valence-corrected chi connectivity index (χ1v) is 7.25. The van der Waals surface area contributed by atoms with Gasteiger partial charge in [0.1, 0.15) is 5.82 Å². The molecular formula is C16H18FN3O. The van der Waals surface area contributed by atoms with Crippen molar-refractivity contribution in [1.29, 1.82) is 0 Å². The van der Waals surface area contributed by atoms with Gasteiger partial charge in [-0.15, -0.1) is 0 Å². The second-order valence-electron chi connectivity index (χ2n) is 5.51. The third kappa shape index (κ3) is 3.29. The van der Waals surface area contributed by atoms with E-state index in [1.54, 1.807) is 24.5 Å². The third-order valence-electron chi connectivity index (χ3n) is 4.02. The Hall–Kier alpha value is -2.17. The summed E-state index contributed by atoms with van der Waals surface area (Å²) < 4.78 is 13.2. The van der Waals surface area contributed by atoms with Crippen LogP contribution in [-0.4, -0.2) is 33.9 Å². The lowest BCUT2D eigenvalue weighted by molar-refractivity contribution is 0.0679. The molecule has 1 aromatic carbocycles. The summed E-state index contributed by atoms with van der Waals surface area (Å²) in [6.07, 6.45) is 6.01. The highest BCUT2D eigenvalue weighted by Gasteiger charge is 2.24. The van der Waals surface area contributed by atoms with Crippen molar-refractivity contribution in [3.8, 4) is 0 Å². The Morgan fingerprint density at radius 3 is 2.86 bits per heavy atom. The van der Waals surface area contributed by atoms with Crippen molar-refractivity contribution >= 4 is 5.91 Å².